The van der Waals surface area contributed by atoms with Crippen LogP contribution in [-0.2, 0) is 11.3 Å². The molecule has 0 saturated carbocycles. The third-order valence-corrected chi connectivity index (χ3v) is 3.35. The second kappa shape index (κ2) is 13.7. The number of nitrogens with one attached hydrogen (secondary N) is 1. The Labute approximate surface area is 182 Å². The van der Waals surface area contributed by atoms with Crippen LogP contribution in [0.2, 0.25) is 0 Å². The van der Waals surface area contributed by atoms with Crippen LogP contribution in [-0.4, -0.2) is 46.3 Å². The van der Waals surface area contributed by atoms with Crippen LogP contribution in [0.3, 0.4) is 0 Å². The Morgan fingerprint density at radius 1 is 1.16 bits per heavy atom. The van der Waals surface area contributed by atoms with E-state index in [4.69, 9.17) is 0 Å². The van der Waals surface area contributed by atoms with Gasteiger partial charge in [-0.3, -0.25) is 9.59 Å². The van der Waals surface area contributed by atoms with Crippen LogP contribution in [0, 0.1) is 5.92 Å². The number of hydrogen-bond acceptors (Lipinski definition) is 6. The number of methoxy groups -OCH3 is 1. The van der Waals surface area contributed by atoms with E-state index in [-0.39, 0.29) is 11.7 Å². The molecule has 31 heavy (non-hydrogen) atoms. The van der Waals surface area contributed by atoms with E-state index in [2.05, 4.69) is 40.9 Å². The minimum absolute atomic E-state index is 0.0876. The SMILES string of the molecule is CC(C)C.COC.O=Cc1cc(Cn2cncn2)cc(NC(=O)c2ccc(O)cc2)c1. The normalized spacial score (nSPS) is 9.74. The Balaban J connectivity index is 0.000000604. The van der Waals surface area contributed by atoms with Crippen LogP contribution >= 0.6 is 0 Å². The summed E-state index contributed by atoms with van der Waals surface area (Å²) in [6.45, 7) is 6.93. The molecular formula is C23H30N4O4. The molecule has 0 aliphatic heterocycles. The number of carbonyl (C=O) groups excluding carboxylic acids is 2. The third kappa shape index (κ3) is 10.2. The number of carbonyl (C=O) groups is 2. The minimum atomic E-state index is -0.329. The number of aromatic hydroxyl groups is 1. The van der Waals surface area contributed by atoms with Gasteiger partial charge in [0.25, 0.3) is 5.91 Å². The summed E-state index contributed by atoms with van der Waals surface area (Å²) in [4.78, 5) is 27.2. The summed E-state index contributed by atoms with van der Waals surface area (Å²) in [6, 6.07) is 11.0. The lowest BCUT2D eigenvalue weighted by Gasteiger charge is -2.09. The fourth-order valence-corrected chi connectivity index (χ4v) is 2.27. The summed E-state index contributed by atoms with van der Waals surface area (Å²) >= 11 is 0. The highest BCUT2D eigenvalue weighted by atomic mass is 16.4. The van der Waals surface area contributed by atoms with Crippen molar-refractivity contribution >= 4 is 17.9 Å². The first-order valence-electron chi connectivity index (χ1n) is 9.71. The molecular weight excluding hydrogens is 396 g/mol. The summed E-state index contributed by atoms with van der Waals surface area (Å²) in [5, 5.41) is 16.0. The van der Waals surface area contributed by atoms with Gasteiger partial charge in [-0.05, 0) is 53.9 Å². The highest BCUT2D eigenvalue weighted by Gasteiger charge is 2.08. The van der Waals surface area contributed by atoms with Gasteiger partial charge < -0.3 is 15.2 Å². The van der Waals surface area contributed by atoms with Gasteiger partial charge >= 0.3 is 0 Å². The van der Waals surface area contributed by atoms with Gasteiger partial charge in [-0.15, -0.1) is 0 Å². The zero-order valence-electron chi connectivity index (χ0n) is 18.6. The summed E-state index contributed by atoms with van der Waals surface area (Å²) in [5.74, 6) is 0.592. The first-order chi connectivity index (χ1) is 14.8. The Bertz CT molecular complexity index is 921. The number of rotatable bonds is 5. The van der Waals surface area contributed by atoms with Crippen molar-refractivity contribution in [3.63, 3.8) is 0 Å². The fraction of sp³-hybridized carbons (Fsp3) is 0.304. The van der Waals surface area contributed by atoms with Crippen molar-refractivity contribution in [2.45, 2.75) is 27.3 Å². The Kier molecular flexibility index (Phi) is 11.2. The number of phenols is 1. The van der Waals surface area contributed by atoms with Crippen LogP contribution in [0.5, 0.6) is 5.75 Å². The smallest absolute Gasteiger partial charge is 0.255 e. The predicted octanol–water partition coefficient (Wildman–Crippen LogP) is 4.02. The minimum Gasteiger partial charge on any atom is -0.508 e. The van der Waals surface area contributed by atoms with E-state index in [9.17, 15) is 14.7 Å². The highest BCUT2D eigenvalue weighted by Crippen LogP contribution is 2.17. The molecule has 1 amide bonds. The molecule has 2 aromatic carbocycles. The van der Waals surface area contributed by atoms with Crippen LogP contribution in [0.4, 0.5) is 5.69 Å². The molecule has 0 unspecified atom stereocenters. The maximum atomic E-state index is 12.2. The molecule has 0 saturated heterocycles. The molecule has 3 rings (SSSR count). The predicted molar refractivity (Wildman–Crippen MR) is 120 cm³/mol. The highest BCUT2D eigenvalue weighted by molar-refractivity contribution is 6.04. The molecule has 0 atom stereocenters. The zero-order valence-corrected chi connectivity index (χ0v) is 18.6. The van der Waals surface area contributed by atoms with Crippen molar-refractivity contribution in [3.8, 4) is 5.75 Å². The molecule has 8 nitrogen and oxygen atoms in total. The van der Waals surface area contributed by atoms with E-state index in [1.165, 1.54) is 30.6 Å². The van der Waals surface area contributed by atoms with Crippen molar-refractivity contribution in [1.82, 2.24) is 14.8 Å². The third-order valence-electron chi connectivity index (χ3n) is 3.35. The lowest BCUT2D eigenvalue weighted by molar-refractivity contribution is 0.102. The van der Waals surface area contributed by atoms with E-state index in [0.717, 1.165) is 17.8 Å². The van der Waals surface area contributed by atoms with Crippen molar-refractivity contribution in [3.05, 3.63) is 71.8 Å². The molecule has 166 valence electrons. The van der Waals surface area contributed by atoms with Crippen molar-refractivity contribution < 1.29 is 19.4 Å². The van der Waals surface area contributed by atoms with Gasteiger partial charge in [0.15, 0.2) is 0 Å². The molecule has 0 aliphatic carbocycles. The number of nitrogens with zero attached hydrogens (tertiary/aromatic N) is 3. The molecule has 3 aromatic rings. The molecule has 0 bridgehead atoms. The molecule has 0 radical (unpaired) electrons. The molecule has 1 heterocycles. The quantitative estimate of drug-likeness (QED) is 0.597. The van der Waals surface area contributed by atoms with Gasteiger partial charge in [-0.25, -0.2) is 9.67 Å². The van der Waals surface area contributed by atoms with Gasteiger partial charge in [-0.2, -0.15) is 5.10 Å². The van der Waals surface area contributed by atoms with Crippen LogP contribution in [0.15, 0.2) is 55.1 Å². The molecule has 8 heteroatoms. The maximum Gasteiger partial charge on any atom is 0.255 e. The monoisotopic (exact) mass is 426 g/mol. The number of anilines is 1. The van der Waals surface area contributed by atoms with Crippen LogP contribution in [0.25, 0.3) is 0 Å². The summed E-state index contributed by atoms with van der Waals surface area (Å²) in [6.07, 6.45) is 3.72. The van der Waals surface area contributed by atoms with Crippen LogP contribution in [0.1, 0.15) is 47.1 Å². The van der Waals surface area contributed by atoms with Gasteiger partial charge in [-0.1, -0.05) is 20.8 Å². The maximum absolute atomic E-state index is 12.2. The van der Waals surface area contributed by atoms with Gasteiger partial charge in [0.1, 0.15) is 24.7 Å². The van der Waals surface area contributed by atoms with E-state index in [1.54, 1.807) is 43.4 Å². The van der Waals surface area contributed by atoms with E-state index < -0.39 is 0 Å². The van der Waals surface area contributed by atoms with E-state index in [0.29, 0.717) is 23.4 Å². The fourth-order valence-electron chi connectivity index (χ4n) is 2.27. The first-order valence-corrected chi connectivity index (χ1v) is 9.71. The van der Waals surface area contributed by atoms with Gasteiger partial charge in [0.2, 0.25) is 0 Å². The van der Waals surface area contributed by atoms with Crippen molar-refractivity contribution in [1.29, 1.82) is 0 Å². The van der Waals surface area contributed by atoms with Crippen molar-refractivity contribution in [2.24, 2.45) is 5.92 Å². The van der Waals surface area contributed by atoms with Crippen LogP contribution < -0.4 is 5.32 Å². The number of aromatic nitrogens is 3. The standard InChI is InChI=1S/C17H14N4O3.C4H10.C2H6O/c22-9-13-5-12(8-21-11-18-10-19-21)6-15(7-13)20-17(24)14-1-3-16(23)4-2-14;1-4(2)3;1-3-2/h1-7,9-11,23H,8H2,(H,20,24);4H,1-3H3;1-2H3. The number of phenolic OH excluding ortho intramolecular Hbond substituents is 1. The summed E-state index contributed by atoms with van der Waals surface area (Å²) in [5.41, 5.74) is 2.18. The van der Waals surface area contributed by atoms with E-state index in [1.807, 2.05) is 0 Å². The number of ether oxygens (including phenoxy) is 1. The molecule has 0 aliphatic rings. The first kappa shape index (κ1) is 25.5. The van der Waals surface area contributed by atoms with Crippen molar-refractivity contribution in [2.75, 3.05) is 19.5 Å². The average molecular weight is 427 g/mol. The average Bonchev–Trinajstić information content (AvgIpc) is 3.21. The second-order valence-electron chi connectivity index (χ2n) is 7.32. The number of hydrogen-bond donors (Lipinski definition) is 2. The topological polar surface area (TPSA) is 106 Å². The zero-order chi connectivity index (χ0) is 23.2. The number of amides is 1. The lowest BCUT2D eigenvalue weighted by Crippen LogP contribution is -2.12. The molecule has 0 spiro atoms. The van der Waals surface area contributed by atoms with Gasteiger partial charge in [0.05, 0.1) is 6.54 Å². The summed E-state index contributed by atoms with van der Waals surface area (Å²) < 4.78 is 5.87. The Morgan fingerprint density at radius 3 is 2.29 bits per heavy atom. The molecule has 2 N–H and O–H groups in total. The molecule has 1 aromatic heterocycles. The second-order valence-corrected chi connectivity index (χ2v) is 7.32. The van der Waals surface area contributed by atoms with Gasteiger partial charge in [0, 0.05) is 31.0 Å². The Morgan fingerprint density at radius 2 is 1.77 bits per heavy atom. The number of benzene rings is 2. The Hall–Kier alpha value is -3.52. The molecule has 0 fully saturated rings. The lowest BCUT2D eigenvalue weighted by atomic mass is 10.1. The largest absolute Gasteiger partial charge is 0.508 e. The number of aldehydes is 1. The van der Waals surface area contributed by atoms with E-state index >= 15 is 0 Å². The summed E-state index contributed by atoms with van der Waals surface area (Å²) in [7, 11) is 3.25.